The molecule has 29 heavy (non-hydrogen) atoms. The minimum absolute atomic E-state index is 0.211. The molecular formula is C24H22N2O3. The monoisotopic (exact) mass is 386 g/mol. The minimum Gasteiger partial charge on any atom is -0.464 e. The van der Waals surface area contributed by atoms with Crippen LogP contribution in [-0.2, 0) is 0 Å². The van der Waals surface area contributed by atoms with Gasteiger partial charge in [0.2, 0.25) is 5.89 Å². The number of carbonyl (C=O) groups excluding carboxylic acids is 1. The molecule has 2 aromatic carbocycles. The Morgan fingerprint density at radius 2 is 1.72 bits per heavy atom. The van der Waals surface area contributed by atoms with Gasteiger partial charge in [-0.1, -0.05) is 42.0 Å². The first-order valence-electron chi connectivity index (χ1n) is 9.51. The number of aromatic nitrogens is 1. The van der Waals surface area contributed by atoms with Crippen molar-refractivity contribution in [1.29, 1.82) is 0 Å². The Morgan fingerprint density at radius 3 is 2.45 bits per heavy atom. The van der Waals surface area contributed by atoms with E-state index in [1.165, 1.54) is 5.56 Å². The van der Waals surface area contributed by atoms with E-state index in [4.69, 9.17) is 8.83 Å². The lowest BCUT2D eigenvalue weighted by Crippen LogP contribution is -2.26. The van der Waals surface area contributed by atoms with Gasteiger partial charge in [-0.2, -0.15) is 0 Å². The number of amides is 1. The lowest BCUT2D eigenvalue weighted by Gasteiger charge is -2.13. The van der Waals surface area contributed by atoms with Crippen LogP contribution in [0.25, 0.3) is 22.8 Å². The second kappa shape index (κ2) is 7.80. The number of aryl methyl sites for hydroxylation is 2. The maximum absolute atomic E-state index is 12.9. The van der Waals surface area contributed by atoms with Gasteiger partial charge in [0.15, 0.2) is 5.76 Å². The number of nitrogens with zero attached hydrogens (tertiary/aromatic N) is 1. The summed E-state index contributed by atoms with van der Waals surface area (Å²) in [5.41, 5.74) is 3.26. The van der Waals surface area contributed by atoms with Crippen molar-refractivity contribution in [3.05, 3.63) is 89.5 Å². The Balaban J connectivity index is 1.60. The van der Waals surface area contributed by atoms with Crippen molar-refractivity contribution in [2.24, 2.45) is 0 Å². The maximum Gasteiger partial charge on any atom is 0.252 e. The van der Waals surface area contributed by atoms with Crippen molar-refractivity contribution in [2.75, 3.05) is 0 Å². The number of furan rings is 1. The minimum atomic E-state index is -0.253. The fourth-order valence-electron chi connectivity index (χ4n) is 3.15. The number of hydrogen-bond acceptors (Lipinski definition) is 4. The van der Waals surface area contributed by atoms with Crippen LogP contribution in [0.5, 0.6) is 0 Å². The molecular weight excluding hydrogens is 364 g/mol. The van der Waals surface area contributed by atoms with Crippen LogP contribution in [0.3, 0.4) is 0 Å². The fraction of sp³-hybridized carbons (Fsp3) is 0.167. The molecule has 1 amide bonds. The van der Waals surface area contributed by atoms with Gasteiger partial charge in [-0.3, -0.25) is 4.79 Å². The predicted molar refractivity (Wildman–Crippen MR) is 111 cm³/mol. The first-order chi connectivity index (χ1) is 14.0. The summed E-state index contributed by atoms with van der Waals surface area (Å²) in [6, 6.07) is 18.8. The van der Waals surface area contributed by atoms with Crippen molar-refractivity contribution >= 4 is 5.91 Å². The van der Waals surface area contributed by atoms with Crippen molar-refractivity contribution < 1.29 is 13.6 Å². The molecule has 5 heteroatoms. The summed E-state index contributed by atoms with van der Waals surface area (Å²) in [5, 5.41) is 2.98. The Kier molecular flexibility index (Phi) is 5.04. The number of rotatable bonds is 5. The highest BCUT2D eigenvalue weighted by Crippen LogP contribution is 2.29. The third-order valence-electron chi connectivity index (χ3n) is 4.78. The molecule has 2 aromatic heterocycles. The molecule has 0 aliphatic heterocycles. The van der Waals surface area contributed by atoms with E-state index in [1.807, 2.05) is 75.4 Å². The highest BCUT2D eigenvalue weighted by atomic mass is 16.4. The van der Waals surface area contributed by atoms with E-state index >= 15 is 0 Å². The largest absolute Gasteiger partial charge is 0.464 e. The van der Waals surface area contributed by atoms with Crippen molar-refractivity contribution in [3.8, 4) is 22.8 Å². The number of benzene rings is 2. The summed E-state index contributed by atoms with van der Waals surface area (Å²) in [7, 11) is 0. The lowest BCUT2D eigenvalue weighted by atomic mass is 10.1. The van der Waals surface area contributed by atoms with E-state index in [2.05, 4.69) is 10.3 Å². The van der Waals surface area contributed by atoms with Crippen molar-refractivity contribution in [2.45, 2.75) is 26.8 Å². The average Bonchev–Trinajstić information content (AvgIpc) is 3.38. The second-order valence-corrected chi connectivity index (χ2v) is 7.08. The molecule has 0 spiro atoms. The Labute approximate surface area is 169 Å². The smallest absolute Gasteiger partial charge is 0.252 e. The summed E-state index contributed by atoms with van der Waals surface area (Å²) in [6.45, 7) is 5.80. The van der Waals surface area contributed by atoms with E-state index in [1.54, 1.807) is 12.3 Å². The number of oxazole rings is 1. The first kappa shape index (κ1) is 18.7. The van der Waals surface area contributed by atoms with Gasteiger partial charge in [-0.05, 0) is 45.0 Å². The van der Waals surface area contributed by atoms with Crippen molar-refractivity contribution in [3.63, 3.8) is 0 Å². The summed E-state index contributed by atoms with van der Waals surface area (Å²) in [5.74, 6) is 2.38. The molecule has 1 N–H and O–H groups in total. The molecule has 0 aliphatic rings. The molecule has 1 unspecified atom stereocenters. The Morgan fingerprint density at radius 1 is 0.966 bits per heavy atom. The second-order valence-electron chi connectivity index (χ2n) is 7.08. The van der Waals surface area contributed by atoms with Crippen LogP contribution in [0.15, 0.2) is 75.7 Å². The van der Waals surface area contributed by atoms with E-state index in [0.29, 0.717) is 28.5 Å². The van der Waals surface area contributed by atoms with Crippen molar-refractivity contribution in [1.82, 2.24) is 10.3 Å². The van der Waals surface area contributed by atoms with Gasteiger partial charge >= 0.3 is 0 Å². The quantitative estimate of drug-likeness (QED) is 0.477. The molecule has 1 atom stereocenters. The van der Waals surface area contributed by atoms with Gasteiger partial charge in [-0.15, -0.1) is 0 Å². The van der Waals surface area contributed by atoms with Gasteiger partial charge in [0, 0.05) is 11.1 Å². The highest BCUT2D eigenvalue weighted by molar-refractivity contribution is 6.00. The van der Waals surface area contributed by atoms with E-state index < -0.39 is 0 Å². The lowest BCUT2D eigenvalue weighted by molar-refractivity contribution is 0.0935. The first-order valence-corrected chi connectivity index (χ1v) is 9.51. The third kappa shape index (κ3) is 3.99. The molecule has 0 saturated carbocycles. The predicted octanol–water partition coefficient (Wildman–Crippen LogP) is 5.71. The van der Waals surface area contributed by atoms with Gasteiger partial charge in [0.1, 0.15) is 11.5 Å². The third-order valence-corrected chi connectivity index (χ3v) is 4.78. The standard InChI is InChI=1S/C24H22N2O3/c1-15-8-11-18(12-9-15)22-14-25-24(29-22)20-7-5-4-6-19(20)23(27)26-17(3)21-13-10-16(2)28-21/h4-14,17H,1-3H3,(H,26,27). The topological polar surface area (TPSA) is 68.3 Å². The SMILES string of the molecule is Cc1ccc(-c2cnc(-c3ccccc3C(=O)NC(C)c3ccc(C)o3)o2)cc1. The van der Waals surface area contributed by atoms with Crippen LogP contribution in [0, 0.1) is 13.8 Å². The van der Waals surface area contributed by atoms with E-state index in [-0.39, 0.29) is 11.9 Å². The Hall–Kier alpha value is -3.60. The van der Waals surface area contributed by atoms with Crippen LogP contribution in [0.2, 0.25) is 0 Å². The number of hydrogen-bond donors (Lipinski definition) is 1. The molecule has 0 bridgehead atoms. The molecule has 4 aromatic rings. The number of carbonyl (C=O) groups is 1. The maximum atomic E-state index is 12.9. The molecule has 0 radical (unpaired) electrons. The average molecular weight is 386 g/mol. The summed E-state index contributed by atoms with van der Waals surface area (Å²) in [6.07, 6.45) is 1.68. The molecule has 5 nitrogen and oxygen atoms in total. The van der Waals surface area contributed by atoms with Gasteiger partial charge in [0.25, 0.3) is 5.91 Å². The van der Waals surface area contributed by atoms with Gasteiger partial charge < -0.3 is 14.2 Å². The van der Waals surface area contributed by atoms with Crippen LogP contribution in [0.4, 0.5) is 0 Å². The van der Waals surface area contributed by atoms with Crippen LogP contribution < -0.4 is 5.32 Å². The molecule has 146 valence electrons. The zero-order chi connectivity index (χ0) is 20.4. The normalized spacial score (nSPS) is 12.0. The highest BCUT2D eigenvalue weighted by Gasteiger charge is 2.19. The van der Waals surface area contributed by atoms with Gasteiger partial charge in [0.05, 0.1) is 17.8 Å². The zero-order valence-electron chi connectivity index (χ0n) is 16.6. The van der Waals surface area contributed by atoms with Crippen LogP contribution >= 0.6 is 0 Å². The van der Waals surface area contributed by atoms with E-state index in [9.17, 15) is 4.79 Å². The van der Waals surface area contributed by atoms with Crippen LogP contribution in [-0.4, -0.2) is 10.9 Å². The molecule has 0 aliphatic carbocycles. The van der Waals surface area contributed by atoms with Crippen LogP contribution in [0.1, 0.15) is 40.4 Å². The Bertz CT molecular complexity index is 1140. The molecule has 4 rings (SSSR count). The summed E-state index contributed by atoms with van der Waals surface area (Å²) < 4.78 is 11.6. The van der Waals surface area contributed by atoms with E-state index in [0.717, 1.165) is 11.3 Å². The molecule has 0 fully saturated rings. The van der Waals surface area contributed by atoms with Gasteiger partial charge in [-0.25, -0.2) is 4.98 Å². The fourth-order valence-corrected chi connectivity index (χ4v) is 3.15. The summed E-state index contributed by atoms with van der Waals surface area (Å²) >= 11 is 0. The molecule has 0 saturated heterocycles. The molecule has 2 heterocycles. The summed E-state index contributed by atoms with van der Waals surface area (Å²) in [4.78, 5) is 17.3. The number of nitrogens with one attached hydrogen (secondary N) is 1. The zero-order valence-corrected chi connectivity index (χ0v) is 16.6.